The van der Waals surface area contributed by atoms with Crippen LogP contribution in [0, 0.1) is 5.92 Å². The largest absolute Gasteiger partial charge is 0.314 e. The van der Waals surface area contributed by atoms with Crippen molar-refractivity contribution >= 4 is 0 Å². The summed E-state index contributed by atoms with van der Waals surface area (Å²) in [6.07, 6.45) is 14.2. The highest BCUT2D eigenvalue weighted by atomic mass is 14.9. The highest BCUT2D eigenvalue weighted by molar-refractivity contribution is 4.77. The summed E-state index contributed by atoms with van der Waals surface area (Å²) in [7, 11) is 0. The van der Waals surface area contributed by atoms with Crippen LogP contribution >= 0.6 is 0 Å². The molecule has 0 saturated carbocycles. The summed E-state index contributed by atoms with van der Waals surface area (Å²) in [5.74, 6) is 1.01. The fourth-order valence-corrected chi connectivity index (χ4v) is 2.86. The van der Waals surface area contributed by atoms with Gasteiger partial charge in [-0.15, -0.1) is 0 Å². The first-order valence-corrected chi connectivity index (χ1v) is 7.60. The van der Waals surface area contributed by atoms with Crippen LogP contribution in [0.2, 0.25) is 0 Å². The second-order valence-electron chi connectivity index (χ2n) is 5.51. The molecule has 1 saturated heterocycles. The lowest BCUT2D eigenvalue weighted by Gasteiger charge is -2.29. The maximum absolute atomic E-state index is 3.69. The van der Waals surface area contributed by atoms with Gasteiger partial charge in [-0.05, 0) is 31.7 Å². The van der Waals surface area contributed by atoms with Gasteiger partial charge < -0.3 is 5.32 Å². The van der Waals surface area contributed by atoms with Crippen LogP contribution in [0.5, 0.6) is 0 Å². The molecule has 0 aromatic carbocycles. The van der Waals surface area contributed by atoms with E-state index in [4.69, 9.17) is 0 Å². The monoisotopic (exact) mass is 225 g/mol. The molecule has 1 fully saturated rings. The van der Waals surface area contributed by atoms with Crippen molar-refractivity contribution in [3.63, 3.8) is 0 Å². The minimum absolute atomic E-state index is 0.838. The number of hydrogen-bond acceptors (Lipinski definition) is 1. The Morgan fingerprint density at radius 1 is 1.00 bits per heavy atom. The van der Waals surface area contributed by atoms with Gasteiger partial charge in [0, 0.05) is 6.04 Å². The highest BCUT2D eigenvalue weighted by Gasteiger charge is 2.19. The maximum atomic E-state index is 3.69. The van der Waals surface area contributed by atoms with Gasteiger partial charge in [0.2, 0.25) is 0 Å². The smallest absolute Gasteiger partial charge is 0.00697 e. The third-order valence-electron chi connectivity index (χ3n) is 4.09. The normalized spacial score (nSPS) is 25.9. The molecule has 96 valence electrons. The van der Waals surface area contributed by atoms with E-state index in [9.17, 15) is 0 Å². The van der Waals surface area contributed by atoms with Crippen LogP contribution in [-0.2, 0) is 0 Å². The van der Waals surface area contributed by atoms with Crippen LogP contribution in [0.15, 0.2) is 0 Å². The third-order valence-corrected chi connectivity index (χ3v) is 4.09. The lowest BCUT2D eigenvalue weighted by atomic mass is 9.88. The van der Waals surface area contributed by atoms with Crippen molar-refractivity contribution in [2.75, 3.05) is 6.54 Å². The molecule has 1 aliphatic rings. The van der Waals surface area contributed by atoms with Crippen molar-refractivity contribution in [1.82, 2.24) is 5.32 Å². The van der Waals surface area contributed by atoms with Crippen molar-refractivity contribution in [3.8, 4) is 0 Å². The SMILES string of the molecule is CCCCCCCCC1CC(CC)CCN1. The topological polar surface area (TPSA) is 12.0 Å². The van der Waals surface area contributed by atoms with Gasteiger partial charge in [0.1, 0.15) is 0 Å². The lowest BCUT2D eigenvalue weighted by Crippen LogP contribution is -2.37. The quantitative estimate of drug-likeness (QED) is 0.599. The Balaban J connectivity index is 1.95. The Morgan fingerprint density at radius 3 is 2.50 bits per heavy atom. The van der Waals surface area contributed by atoms with Gasteiger partial charge in [0.15, 0.2) is 0 Å². The molecule has 1 nitrogen and oxygen atoms in total. The molecular formula is C15H31N. The molecule has 2 unspecified atom stereocenters. The predicted molar refractivity (Wildman–Crippen MR) is 72.8 cm³/mol. The Hall–Kier alpha value is -0.0400. The zero-order valence-corrected chi connectivity index (χ0v) is 11.4. The van der Waals surface area contributed by atoms with Gasteiger partial charge in [-0.1, -0.05) is 58.8 Å². The maximum Gasteiger partial charge on any atom is 0.00697 e. The summed E-state index contributed by atoms with van der Waals surface area (Å²) in [4.78, 5) is 0. The highest BCUT2D eigenvalue weighted by Crippen LogP contribution is 2.22. The third kappa shape index (κ3) is 5.89. The predicted octanol–water partition coefficient (Wildman–Crippen LogP) is 4.52. The van der Waals surface area contributed by atoms with E-state index in [2.05, 4.69) is 19.2 Å². The minimum Gasteiger partial charge on any atom is -0.314 e. The summed E-state index contributed by atoms with van der Waals surface area (Å²) < 4.78 is 0. The standard InChI is InChI=1S/C15H31N/c1-3-5-6-7-8-9-10-15-13-14(4-2)11-12-16-15/h14-16H,3-13H2,1-2H3. The van der Waals surface area contributed by atoms with E-state index in [0.29, 0.717) is 0 Å². The van der Waals surface area contributed by atoms with Crippen LogP contribution in [-0.4, -0.2) is 12.6 Å². The minimum atomic E-state index is 0.838. The zero-order chi connectivity index (χ0) is 11.6. The van der Waals surface area contributed by atoms with E-state index in [0.717, 1.165) is 12.0 Å². The number of rotatable bonds is 8. The van der Waals surface area contributed by atoms with E-state index >= 15 is 0 Å². The summed E-state index contributed by atoms with van der Waals surface area (Å²) in [5.41, 5.74) is 0. The molecule has 0 aliphatic carbocycles. The Labute approximate surface area is 102 Å². The number of unbranched alkanes of at least 4 members (excludes halogenated alkanes) is 5. The van der Waals surface area contributed by atoms with E-state index in [1.807, 2.05) is 0 Å². The number of nitrogens with one attached hydrogen (secondary N) is 1. The van der Waals surface area contributed by atoms with Crippen molar-refractivity contribution in [3.05, 3.63) is 0 Å². The summed E-state index contributed by atoms with van der Waals surface area (Å²) in [6.45, 7) is 5.90. The molecule has 2 atom stereocenters. The first-order valence-electron chi connectivity index (χ1n) is 7.60. The Morgan fingerprint density at radius 2 is 1.75 bits per heavy atom. The van der Waals surface area contributed by atoms with Crippen molar-refractivity contribution in [2.24, 2.45) is 5.92 Å². The molecule has 1 aliphatic heterocycles. The van der Waals surface area contributed by atoms with Gasteiger partial charge >= 0.3 is 0 Å². The summed E-state index contributed by atoms with van der Waals surface area (Å²) >= 11 is 0. The Bertz CT molecular complexity index is 156. The first kappa shape index (κ1) is 14.0. The van der Waals surface area contributed by atoms with Gasteiger partial charge in [-0.3, -0.25) is 0 Å². The van der Waals surface area contributed by atoms with Crippen molar-refractivity contribution < 1.29 is 0 Å². The lowest BCUT2D eigenvalue weighted by molar-refractivity contribution is 0.280. The van der Waals surface area contributed by atoms with Crippen LogP contribution in [0.25, 0.3) is 0 Å². The molecule has 1 heteroatoms. The van der Waals surface area contributed by atoms with Gasteiger partial charge in [-0.25, -0.2) is 0 Å². The second kappa shape index (κ2) is 9.04. The average Bonchev–Trinajstić information content (AvgIpc) is 2.34. The number of piperidine rings is 1. The van der Waals surface area contributed by atoms with Crippen LogP contribution in [0.3, 0.4) is 0 Å². The molecule has 0 bridgehead atoms. The molecule has 0 amide bonds. The molecule has 0 aromatic heterocycles. The van der Waals surface area contributed by atoms with Crippen LogP contribution < -0.4 is 5.32 Å². The number of hydrogen-bond donors (Lipinski definition) is 1. The first-order chi connectivity index (χ1) is 7.86. The zero-order valence-electron chi connectivity index (χ0n) is 11.4. The van der Waals surface area contributed by atoms with Gasteiger partial charge in [0.05, 0.1) is 0 Å². The van der Waals surface area contributed by atoms with Crippen molar-refractivity contribution in [1.29, 1.82) is 0 Å². The molecule has 16 heavy (non-hydrogen) atoms. The van der Waals surface area contributed by atoms with Crippen LogP contribution in [0.4, 0.5) is 0 Å². The average molecular weight is 225 g/mol. The fourth-order valence-electron chi connectivity index (χ4n) is 2.86. The molecule has 0 radical (unpaired) electrons. The van der Waals surface area contributed by atoms with E-state index in [1.165, 1.54) is 70.8 Å². The van der Waals surface area contributed by atoms with Crippen molar-refractivity contribution in [2.45, 2.75) is 84.1 Å². The Kier molecular flexibility index (Phi) is 7.92. The molecule has 1 N–H and O–H groups in total. The van der Waals surface area contributed by atoms with E-state index in [1.54, 1.807) is 0 Å². The van der Waals surface area contributed by atoms with Crippen LogP contribution in [0.1, 0.15) is 78.1 Å². The van der Waals surface area contributed by atoms with E-state index < -0.39 is 0 Å². The summed E-state index contributed by atoms with van der Waals surface area (Å²) in [5, 5.41) is 3.69. The van der Waals surface area contributed by atoms with Gasteiger partial charge in [0.25, 0.3) is 0 Å². The molecular weight excluding hydrogens is 194 g/mol. The van der Waals surface area contributed by atoms with E-state index in [-0.39, 0.29) is 0 Å². The van der Waals surface area contributed by atoms with Gasteiger partial charge in [-0.2, -0.15) is 0 Å². The fraction of sp³-hybridized carbons (Fsp3) is 1.00. The second-order valence-corrected chi connectivity index (χ2v) is 5.51. The molecule has 1 heterocycles. The summed E-state index contributed by atoms with van der Waals surface area (Å²) in [6, 6.07) is 0.838. The molecule has 1 rings (SSSR count). The molecule has 0 aromatic rings. The molecule has 0 spiro atoms.